The van der Waals surface area contributed by atoms with Crippen molar-refractivity contribution >= 4 is 29.8 Å². The second kappa shape index (κ2) is 10.7. The third-order valence-corrected chi connectivity index (χ3v) is 8.77. The molecule has 4 aromatic rings. The normalized spacial score (nSPS) is 17.2. The summed E-state index contributed by atoms with van der Waals surface area (Å²) in [6, 6.07) is 29.3. The van der Waals surface area contributed by atoms with Crippen LogP contribution in [0.4, 0.5) is 9.59 Å². The van der Waals surface area contributed by atoms with Gasteiger partial charge in [-0.3, -0.25) is 14.4 Å². The van der Waals surface area contributed by atoms with Crippen LogP contribution in [0, 0.1) is 0 Å². The molecule has 11 nitrogen and oxygen atoms in total. The van der Waals surface area contributed by atoms with Crippen molar-refractivity contribution < 1.29 is 33.4 Å². The second-order valence-electron chi connectivity index (χ2n) is 11.2. The highest BCUT2D eigenvalue weighted by Crippen LogP contribution is 2.51. The topological polar surface area (TPSA) is 134 Å². The standard InChI is InChI=1S/C18H14N2O4.C17H14N2O3/c1-11(21)24-10-20-16(22)18(19-17(20)23)14-8-4-2-6-12(14)13-7-3-5-9-15(13)18;1-22-10-19-15(20)17(18-16(19)21)13-8-4-2-6-11(13)12-7-3-5-9-14(12)17/h2-9H,10H2,1H3,(H,19,23);2-9H,10H2,1H3,(H,18,21). The van der Waals surface area contributed by atoms with Crippen LogP contribution < -0.4 is 10.6 Å². The lowest BCUT2D eigenvalue weighted by Gasteiger charge is -2.24. The number of ether oxygens (including phenoxy) is 2. The van der Waals surface area contributed by atoms with E-state index in [0.717, 1.165) is 54.3 Å². The maximum atomic E-state index is 13.1. The molecule has 2 aliphatic carbocycles. The number of fused-ring (bicyclic) bond motifs is 10. The van der Waals surface area contributed by atoms with Crippen LogP contribution in [-0.2, 0) is 34.9 Å². The van der Waals surface area contributed by atoms with E-state index in [2.05, 4.69) is 10.6 Å². The van der Waals surface area contributed by atoms with Gasteiger partial charge in [0.05, 0.1) is 0 Å². The molecule has 0 saturated carbocycles. The fraction of sp³-hybridized carbons (Fsp3) is 0.171. The van der Waals surface area contributed by atoms with E-state index in [-0.39, 0.29) is 12.6 Å². The quantitative estimate of drug-likeness (QED) is 0.261. The number of hydrogen-bond acceptors (Lipinski definition) is 7. The molecule has 11 heteroatoms. The smallest absolute Gasteiger partial charge is 0.328 e. The first-order valence-electron chi connectivity index (χ1n) is 14.5. The molecule has 0 aromatic heterocycles. The monoisotopic (exact) mass is 616 g/mol. The number of rotatable bonds is 4. The minimum Gasteiger partial charge on any atom is -0.444 e. The summed E-state index contributed by atoms with van der Waals surface area (Å²) in [6.45, 7) is 0.775. The zero-order valence-corrected chi connectivity index (χ0v) is 24.9. The Labute approximate surface area is 263 Å². The summed E-state index contributed by atoms with van der Waals surface area (Å²) in [5.41, 5.74) is 4.47. The number of amides is 6. The molecular weight excluding hydrogens is 588 g/mol. The first-order chi connectivity index (χ1) is 22.3. The van der Waals surface area contributed by atoms with E-state index in [1.165, 1.54) is 14.0 Å². The number of benzene rings is 4. The van der Waals surface area contributed by atoms with Crippen LogP contribution in [0.5, 0.6) is 0 Å². The highest BCUT2D eigenvalue weighted by molar-refractivity contribution is 6.14. The van der Waals surface area contributed by atoms with Gasteiger partial charge in [0, 0.05) is 14.0 Å². The largest absolute Gasteiger partial charge is 0.444 e. The molecule has 0 atom stereocenters. The molecule has 230 valence electrons. The van der Waals surface area contributed by atoms with Crippen molar-refractivity contribution in [3.05, 3.63) is 119 Å². The summed E-state index contributed by atoms with van der Waals surface area (Å²) in [7, 11) is 1.46. The lowest BCUT2D eigenvalue weighted by molar-refractivity contribution is -0.148. The predicted molar refractivity (Wildman–Crippen MR) is 165 cm³/mol. The van der Waals surface area contributed by atoms with Crippen molar-refractivity contribution in [3.63, 3.8) is 0 Å². The zero-order chi connectivity index (χ0) is 32.2. The Morgan fingerprint density at radius 1 is 0.587 bits per heavy atom. The van der Waals surface area contributed by atoms with Gasteiger partial charge in [0.25, 0.3) is 11.8 Å². The number of carbonyl (C=O) groups excluding carboxylic acids is 5. The van der Waals surface area contributed by atoms with Crippen LogP contribution in [0.25, 0.3) is 22.3 Å². The molecule has 6 amide bonds. The van der Waals surface area contributed by atoms with Crippen LogP contribution in [0.15, 0.2) is 97.1 Å². The van der Waals surface area contributed by atoms with E-state index in [9.17, 15) is 24.0 Å². The van der Waals surface area contributed by atoms with Crippen molar-refractivity contribution in [2.75, 3.05) is 20.6 Å². The van der Waals surface area contributed by atoms with Crippen LogP contribution in [0.3, 0.4) is 0 Å². The van der Waals surface area contributed by atoms with E-state index in [1.807, 2.05) is 97.1 Å². The first kappa shape index (κ1) is 28.9. The summed E-state index contributed by atoms with van der Waals surface area (Å²) >= 11 is 0. The van der Waals surface area contributed by atoms with Crippen LogP contribution in [0.1, 0.15) is 29.2 Å². The third kappa shape index (κ3) is 3.91. The highest BCUT2D eigenvalue weighted by atomic mass is 16.5. The number of methoxy groups -OCH3 is 1. The Morgan fingerprint density at radius 2 is 0.913 bits per heavy atom. The summed E-state index contributed by atoms with van der Waals surface area (Å²) in [5, 5.41) is 5.70. The average molecular weight is 617 g/mol. The first-order valence-corrected chi connectivity index (χ1v) is 14.5. The molecule has 0 bridgehead atoms. The van der Waals surface area contributed by atoms with E-state index < -0.39 is 41.7 Å². The van der Waals surface area contributed by atoms with Gasteiger partial charge in [-0.25, -0.2) is 19.4 Å². The van der Waals surface area contributed by atoms with Crippen LogP contribution >= 0.6 is 0 Å². The number of esters is 1. The Morgan fingerprint density at radius 3 is 1.24 bits per heavy atom. The molecule has 46 heavy (non-hydrogen) atoms. The minimum absolute atomic E-state index is 0.0588. The van der Waals surface area contributed by atoms with Crippen molar-refractivity contribution in [2.24, 2.45) is 0 Å². The van der Waals surface area contributed by atoms with Gasteiger partial charge in [0.15, 0.2) is 17.8 Å². The lowest BCUT2D eigenvalue weighted by Crippen LogP contribution is -2.43. The Bertz CT molecular complexity index is 1880. The van der Waals surface area contributed by atoms with Gasteiger partial charge in [0.2, 0.25) is 0 Å². The van der Waals surface area contributed by atoms with Gasteiger partial charge in [-0.2, -0.15) is 0 Å². The minimum atomic E-state index is -1.26. The molecule has 0 unspecified atom stereocenters. The number of urea groups is 2. The maximum Gasteiger partial charge on any atom is 0.328 e. The SMILES string of the molecule is CC(=O)OCN1C(=O)NC2(C1=O)c1ccccc1-c1ccccc12.COCN1C(=O)NC2(C1=O)c1ccccc1-c1ccccc12. The van der Waals surface area contributed by atoms with Crippen LogP contribution in [-0.4, -0.2) is 60.2 Å². The fourth-order valence-corrected chi connectivity index (χ4v) is 6.87. The van der Waals surface area contributed by atoms with Crippen molar-refractivity contribution in [3.8, 4) is 22.3 Å². The number of imide groups is 2. The zero-order valence-electron chi connectivity index (χ0n) is 24.9. The molecule has 2 aliphatic heterocycles. The molecule has 2 spiro atoms. The van der Waals surface area contributed by atoms with Crippen molar-refractivity contribution in [1.29, 1.82) is 0 Å². The third-order valence-electron chi connectivity index (χ3n) is 8.77. The molecule has 2 heterocycles. The predicted octanol–water partition coefficient (Wildman–Crippen LogP) is 4.05. The van der Waals surface area contributed by atoms with Gasteiger partial charge in [-0.15, -0.1) is 0 Å². The van der Waals surface area contributed by atoms with E-state index in [1.54, 1.807) is 0 Å². The lowest BCUT2D eigenvalue weighted by atomic mass is 9.87. The molecule has 8 rings (SSSR count). The molecule has 2 fully saturated rings. The Hall–Kier alpha value is -5.81. The van der Waals surface area contributed by atoms with Crippen molar-refractivity contribution in [2.45, 2.75) is 18.0 Å². The number of nitrogens with one attached hydrogen (secondary N) is 2. The molecule has 4 aromatic carbocycles. The second-order valence-corrected chi connectivity index (χ2v) is 11.2. The van der Waals surface area contributed by atoms with E-state index >= 15 is 0 Å². The summed E-state index contributed by atoms with van der Waals surface area (Å²) in [5.74, 6) is -1.29. The molecule has 0 radical (unpaired) electrons. The van der Waals surface area contributed by atoms with Crippen molar-refractivity contribution in [1.82, 2.24) is 20.4 Å². The van der Waals surface area contributed by atoms with Crippen LogP contribution in [0.2, 0.25) is 0 Å². The molecule has 4 aliphatic rings. The Kier molecular flexibility index (Phi) is 6.71. The number of carbonyl (C=O) groups is 5. The Balaban J connectivity index is 0.000000147. The van der Waals surface area contributed by atoms with E-state index in [0.29, 0.717) is 0 Å². The summed E-state index contributed by atoms with van der Waals surface area (Å²) < 4.78 is 9.84. The van der Waals surface area contributed by atoms with Gasteiger partial charge >= 0.3 is 18.0 Å². The van der Waals surface area contributed by atoms with Gasteiger partial charge in [0.1, 0.15) is 6.73 Å². The highest BCUT2D eigenvalue weighted by Gasteiger charge is 2.59. The molecule has 2 N–H and O–H groups in total. The number of hydrogen-bond donors (Lipinski definition) is 2. The molecule has 2 saturated heterocycles. The van der Waals surface area contributed by atoms with Gasteiger partial charge < -0.3 is 20.1 Å². The van der Waals surface area contributed by atoms with Gasteiger partial charge in [-0.1, -0.05) is 97.1 Å². The fourth-order valence-electron chi connectivity index (χ4n) is 6.87. The molecular formula is C35H28N4O7. The average Bonchev–Trinajstić information content (AvgIpc) is 3.70. The van der Waals surface area contributed by atoms with E-state index in [4.69, 9.17) is 9.47 Å². The maximum absolute atomic E-state index is 13.1. The summed E-state index contributed by atoms with van der Waals surface area (Å²) in [6.07, 6.45) is 0. The number of nitrogens with zero attached hydrogens (tertiary/aromatic N) is 2. The summed E-state index contributed by atoms with van der Waals surface area (Å²) in [4.78, 5) is 63.9. The van der Waals surface area contributed by atoms with Gasteiger partial charge in [-0.05, 0) is 44.5 Å².